The second-order valence-corrected chi connectivity index (χ2v) is 8.09. The maximum atomic E-state index is 12.7. The summed E-state index contributed by atoms with van der Waals surface area (Å²) in [5.74, 6) is 0.513. The van der Waals surface area contributed by atoms with Crippen LogP contribution in [-0.2, 0) is 11.2 Å². The van der Waals surface area contributed by atoms with Crippen molar-refractivity contribution in [3.63, 3.8) is 0 Å². The van der Waals surface area contributed by atoms with Crippen LogP contribution in [0, 0.1) is 5.92 Å². The molecule has 154 valence electrons. The molecule has 0 aliphatic carbocycles. The first-order valence-corrected chi connectivity index (χ1v) is 10.8. The zero-order chi connectivity index (χ0) is 19.9. The van der Waals surface area contributed by atoms with Gasteiger partial charge in [-0.15, -0.1) is 0 Å². The highest BCUT2D eigenvalue weighted by Gasteiger charge is 2.32. The van der Waals surface area contributed by atoms with E-state index in [2.05, 4.69) is 33.7 Å². The third kappa shape index (κ3) is 5.37. The van der Waals surface area contributed by atoms with E-state index in [-0.39, 0.29) is 6.03 Å². The topological polar surface area (TPSA) is 53.6 Å². The van der Waals surface area contributed by atoms with Gasteiger partial charge in [-0.25, -0.2) is 4.79 Å². The average molecular weight is 394 g/mol. The minimum atomic E-state index is -0.131. The van der Waals surface area contributed by atoms with Crippen molar-refractivity contribution in [2.45, 2.75) is 31.7 Å². The summed E-state index contributed by atoms with van der Waals surface area (Å²) in [5.41, 5.74) is 3.22. The van der Waals surface area contributed by atoms with Gasteiger partial charge in [-0.1, -0.05) is 48.5 Å². The summed E-state index contributed by atoms with van der Waals surface area (Å²) in [5, 5.41) is 6.20. The van der Waals surface area contributed by atoms with Crippen molar-refractivity contribution in [2.24, 2.45) is 5.92 Å². The normalized spacial score (nSPS) is 20.5. The Labute approximate surface area is 173 Å². The molecule has 2 aromatic carbocycles. The second kappa shape index (κ2) is 9.90. The van der Waals surface area contributed by atoms with E-state index in [1.54, 1.807) is 0 Å². The monoisotopic (exact) mass is 393 g/mol. The van der Waals surface area contributed by atoms with Crippen molar-refractivity contribution in [1.82, 2.24) is 10.2 Å². The zero-order valence-electron chi connectivity index (χ0n) is 17.0. The van der Waals surface area contributed by atoms with E-state index in [1.165, 1.54) is 18.4 Å². The number of amides is 2. The fourth-order valence-corrected chi connectivity index (χ4v) is 4.50. The number of urea groups is 1. The van der Waals surface area contributed by atoms with Crippen LogP contribution in [0.5, 0.6) is 0 Å². The van der Waals surface area contributed by atoms with Crippen molar-refractivity contribution >= 4 is 11.7 Å². The number of anilines is 1. The maximum Gasteiger partial charge on any atom is 0.319 e. The van der Waals surface area contributed by atoms with E-state index in [0.717, 1.165) is 50.4 Å². The van der Waals surface area contributed by atoms with E-state index >= 15 is 0 Å². The molecule has 2 aromatic rings. The number of rotatable bonds is 7. The minimum Gasteiger partial charge on any atom is -0.381 e. The molecule has 5 heteroatoms. The van der Waals surface area contributed by atoms with Crippen LogP contribution in [0.2, 0.25) is 0 Å². The summed E-state index contributed by atoms with van der Waals surface area (Å²) in [6, 6.07) is 18.6. The lowest BCUT2D eigenvalue weighted by Gasteiger charge is -2.32. The van der Waals surface area contributed by atoms with E-state index in [1.807, 2.05) is 36.4 Å². The van der Waals surface area contributed by atoms with Crippen LogP contribution in [0.4, 0.5) is 10.5 Å². The predicted molar refractivity (Wildman–Crippen MR) is 116 cm³/mol. The lowest BCUT2D eigenvalue weighted by molar-refractivity contribution is 0.135. The van der Waals surface area contributed by atoms with Gasteiger partial charge >= 0.3 is 6.03 Å². The molecule has 2 heterocycles. The molecule has 0 spiro atoms. The van der Waals surface area contributed by atoms with Crippen molar-refractivity contribution in [2.75, 3.05) is 38.2 Å². The van der Waals surface area contributed by atoms with Gasteiger partial charge in [0.2, 0.25) is 0 Å². The van der Waals surface area contributed by atoms with Crippen LogP contribution >= 0.6 is 0 Å². The van der Waals surface area contributed by atoms with Gasteiger partial charge in [-0.2, -0.15) is 0 Å². The van der Waals surface area contributed by atoms with Gasteiger partial charge in [0.05, 0.1) is 6.61 Å². The number of para-hydroxylation sites is 1. The fraction of sp³-hybridized carbons (Fsp3) is 0.458. The number of nitrogens with one attached hydrogen (secondary N) is 2. The van der Waals surface area contributed by atoms with Gasteiger partial charge in [-0.05, 0) is 56.0 Å². The lowest BCUT2D eigenvalue weighted by Crippen LogP contribution is -2.48. The Kier molecular flexibility index (Phi) is 6.80. The largest absolute Gasteiger partial charge is 0.381 e. The van der Waals surface area contributed by atoms with Crippen LogP contribution < -0.4 is 10.6 Å². The number of nitrogens with zero attached hydrogens (tertiary/aromatic N) is 1. The highest BCUT2D eigenvalue weighted by molar-refractivity contribution is 5.90. The van der Waals surface area contributed by atoms with Gasteiger partial charge in [0.15, 0.2) is 0 Å². The minimum absolute atomic E-state index is 0.131. The smallest absolute Gasteiger partial charge is 0.319 e. The molecule has 0 aromatic heterocycles. The van der Waals surface area contributed by atoms with E-state index in [9.17, 15) is 4.79 Å². The number of hydrogen-bond acceptors (Lipinski definition) is 3. The number of ether oxygens (including phenoxy) is 1. The molecule has 2 N–H and O–H groups in total. The molecule has 0 saturated carbocycles. The molecule has 2 saturated heterocycles. The Morgan fingerprint density at radius 1 is 1.07 bits per heavy atom. The molecule has 2 atom stereocenters. The standard InChI is InChI=1S/C24H31N3O2/c28-24(25-17-23(21-12-15-29-18-21)27-13-6-7-14-27)26-22-11-5-4-10-20(22)16-19-8-2-1-3-9-19/h1-5,8-11,21,23H,6-7,12-18H2,(H2,25,26,28)/t21-,23+/m1/s1. The van der Waals surface area contributed by atoms with Gasteiger partial charge in [0.25, 0.3) is 0 Å². The van der Waals surface area contributed by atoms with E-state index in [4.69, 9.17) is 4.74 Å². The molecule has 5 nitrogen and oxygen atoms in total. The van der Waals surface area contributed by atoms with Gasteiger partial charge in [-0.3, -0.25) is 4.90 Å². The second-order valence-electron chi connectivity index (χ2n) is 8.09. The lowest BCUT2D eigenvalue weighted by atomic mass is 9.97. The maximum absolute atomic E-state index is 12.7. The van der Waals surface area contributed by atoms with Crippen molar-refractivity contribution in [3.05, 3.63) is 65.7 Å². The first-order valence-electron chi connectivity index (χ1n) is 10.8. The first-order chi connectivity index (χ1) is 14.3. The SMILES string of the molecule is O=C(NC[C@@H]([C@@H]1CCOC1)N1CCCC1)Nc1ccccc1Cc1ccccc1. The summed E-state index contributed by atoms with van der Waals surface area (Å²) >= 11 is 0. The highest BCUT2D eigenvalue weighted by Crippen LogP contribution is 2.24. The van der Waals surface area contributed by atoms with Crippen molar-refractivity contribution in [1.29, 1.82) is 0 Å². The summed E-state index contributed by atoms with van der Waals surface area (Å²) in [4.78, 5) is 15.2. The van der Waals surface area contributed by atoms with Crippen LogP contribution in [-0.4, -0.2) is 49.8 Å². The number of likely N-dealkylation sites (tertiary alicyclic amines) is 1. The van der Waals surface area contributed by atoms with Crippen molar-refractivity contribution in [3.8, 4) is 0 Å². The molecule has 2 fully saturated rings. The highest BCUT2D eigenvalue weighted by atomic mass is 16.5. The predicted octanol–water partition coefficient (Wildman–Crippen LogP) is 3.90. The summed E-state index contributed by atoms with van der Waals surface area (Å²) in [6.45, 7) is 4.58. The number of carbonyl (C=O) groups is 1. The Balaban J connectivity index is 1.36. The third-order valence-electron chi connectivity index (χ3n) is 6.09. The molecule has 0 radical (unpaired) electrons. The Morgan fingerprint density at radius 2 is 1.83 bits per heavy atom. The van der Waals surface area contributed by atoms with Crippen LogP contribution in [0.3, 0.4) is 0 Å². The molecule has 0 bridgehead atoms. The quantitative estimate of drug-likeness (QED) is 0.750. The Hall–Kier alpha value is -2.37. The molecular weight excluding hydrogens is 362 g/mol. The third-order valence-corrected chi connectivity index (χ3v) is 6.09. The molecular formula is C24H31N3O2. The van der Waals surface area contributed by atoms with E-state index < -0.39 is 0 Å². The average Bonchev–Trinajstić information content (AvgIpc) is 3.45. The molecule has 2 aliphatic heterocycles. The van der Waals surface area contributed by atoms with Gasteiger partial charge in [0.1, 0.15) is 0 Å². The summed E-state index contributed by atoms with van der Waals surface area (Å²) in [7, 11) is 0. The Bertz CT molecular complexity index is 768. The summed E-state index contributed by atoms with van der Waals surface area (Å²) in [6.07, 6.45) is 4.39. The molecule has 2 aliphatic rings. The zero-order valence-corrected chi connectivity index (χ0v) is 17.0. The van der Waals surface area contributed by atoms with E-state index in [0.29, 0.717) is 18.5 Å². The molecule has 4 rings (SSSR count). The summed E-state index contributed by atoms with van der Waals surface area (Å²) < 4.78 is 5.62. The van der Waals surface area contributed by atoms with Gasteiger partial charge < -0.3 is 15.4 Å². The van der Waals surface area contributed by atoms with Gasteiger partial charge in [0, 0.05) is 30.8 Å². The number of carbonyl (C=O) groups excluding carboxylic acids is 1. The molecule has 0 unspecified atom stereocenters. The fourth-order valence-electron chi connectivity index (χ4n) is 4.50. The van der Waals surface area contributed by atoms with Crippen molar-refractivity contribution < 1.29 is 9.53 Å². The molecule has 29 heavy (non-hydrogen) atoms. The van der Waals surface area contributed by atoms with Crippen LogP contribution in [0.1, 0.15) is 30.4 Å². The number of benzene rings is 2. The first kappa shape index (κ1) is 19.9. The molecule has 2 amide bonds. The van der Waals surface area contributed by atoms with Crippen LogP contribution in [0.15, 0.2) is 54.6 Å². The Morgan fingerprint density at radius 3 is 2.59 bits per heavy atom. The van der Waals surface area contributed by atoms with Crippen LogP contribution in [0.25, 0.3) is 0 Å². The number of hydrogen-bond donors (Lipinski definition) is 2.